The number of hydrogen-bond donors (Lipinski definition) is 0. The summed E-state index contributed by atoms with van der Waals surface area (Å²) >= 11 is 3.51. The van der Waals surface area contributed by atoms with E-state index in [1.807, 2.05) is 0 Å². The van der Waals surface area contributed by atoms with Crippen LogP contribution in [0.2, 0.25) is 0 Å². The Kier molecular flexibility index (Phi) is 2.91. The van der Waals surface area contributed by atoms with Gasteiger partial charge in [0, 0.05) is 6.54 Å². The fourth-order valence-electron chi connectivity index (χ4n) is 1.27. The van der Waals surface area contributed by atoms with Crippen molar-refractivity contribution in [2.45, 2.75) is 17.4 Å². The van der Waals surface area contributed by atoms with Gasteiger partial charge >= 0.3 is 6.18 Å². The molecule has 0 spiro atoms. The molecule has 1 aliphatic rings. The summed E-state index contributed by atoms with van der Waals surface area (Å²) in [5.41, 5.74) is 0. The molecular formula is C7H5BrF3N3OS. The first-order valence-electron chi connectivity index (χ1n) is 4.26. The maximum Gasteiger partial charge on any atom is 0.445 e. The molecule has 1 aliphatic heterocycles. The lowest BCUT2D eigenvalue weighted by Gasteiger charge is -2.09. The summed E-state index contributed by atoms with van der Waals surface area (Å²) in [5.74, 6) is -0.273. The molecule has 1 saturated heterocycles. The number of alkyl halides is 4. The van der Waals surface area contributed by atoms with E-state index in [1.165, 1.54) is 4.90 Å². The molecule has 9 heteroatoms. The zero-order valence-corrected chi connectivity index (χ0v) is 10.1. The Bertz CT molecular complexity index is 421. The first-order chi connectivity index (χ1) is 7.39. The minimum atomic E-state index is -4.51. The second-order valence-electron chi connectivity index (χ2n) is 3.13. The number of halogens is 4. The number of anilines is 1. The summed E-state index contributed by atoms with van der Waals surface area (Å²) in [7, 11) is 0. The monoisotopic (exact) mass is 315 g/mol. The largest absolute Gasteiger partial charge is 0.445 e. The normalized spacial score (nSPS) is 21.9. The van der Waals surface area contributed by atoms with Gasteiger partial charge in [0.2, 0.25) is 16.0 Å². The highest BCUT2D eigenvalue weighted by Gasteiger charge is 2.38. The Balaban J connectivity index is 2.23. The lowest BCUT2D eigenvalue weighted by Crippen LogP contribution is -2.26. The molecule has 2 rings (SSSR count). The average molecular weight is 316 g/mol. The predicted molar refractivity (Wildman–Crippen MR) is 54.6 cm³/mol. The maximum atomic E-state index is 12.3. The maximum absolute atomic E-state index is 12.3. The fraction of sp³-hybridized carbons (Fsp3) is 0.571. The summed E-state index contributed by atoms with van der Waals surface area (Å²) in [4.78, 5) is 12.4. The molecule has 88 valence electrons. The Labute approximate surface area is 101 Å². The second-order valence-corrected chi connectivity index (χ2v) is 5.19. The highest BCUT2D eigenvalue weighted by Crippen LogP contribution is 2.35. The second kappa shape index (κ2) is 3.95. The number of amides is 1. The van der Waals surface area contributed by atoms with Crippen molar-refractivity contribution in [1.82, 2.24) is 10.2 Å². The van der Waals surface area contributed by atoms with Crippen LogP contribution in [0.25, 0.3) is 0 Å². The molecule has 0 aliphatic carbocycles. The molecule has 1 aromatic rings. The van der Waals surface area contributed by atoms with Crippen LogP contribution in [0.15, 0.2) is 0 Å². The standard InChI is InChI=1S/C7H5BrF3N3OS/c8-3-1-2-14(4(3)15)6-13-12-5(16-6)7(9,10)11/h3H,1-2H2. The van der Waals surface area contributed by atoms with Gasteiger partial charge in [-0.1, -0.05) is 27.3 Å². The van der Waals surface area contributed by atoms with Gasteiger partial charge in [0.15, 0.2) is 0 Å². The summed E-state index contributed by atoms with van der Waals surface area (Å²) in [6.07, 6.45) is -3.95. The van der Waals surface area contributed by atoms with Gasteiger partial charge in [0.1, 0.15) is 0 Å². The zero-order valence-electron chi connectivity index (χ0n) is 7.66. The Morgan fingerprint density at radius 1 is 1.44 bits per heavy atom. The molecule has 0 bridgehead atoms. The molecule has 1 fully saturated rings. The van der Waals surface area contributed by atoms with Crippen LogP contribution in [0.4, 0.5) is 18.3 Å². The van der Waals surface area contributed by atoms with E-state index in [0.29, 0.717) is 24.3 Å². The van der Waals surface area contributed by atoms with E-state index in [9.17, 15) is 18.0 Å². The SMILES string of the molecule is O=C1C(Br)CCN1c1nnc(C(F)(F)F)s1. The minimum absolute atomic E-state index is 0.000671. The summed E-state index contributed by atoms with van der Waals surface area (Å²) in [6, 6.07) is 0. The van der Waals surface area contributed by atoms with Gasteiger partial charge in [-0.15, -0.1) is 10.2 Å². The molecule has 1 amide bonds. The van der Waals surface area contributed by atoms with E-state index in [1.54, 1.807) is 0 Å². The van der Waals surface area contributed by atoms with Crippen LogP contribution >= 0.6 is 27.3 Å². The summed E-state index contributed by atoms with van der Waals surface area (Å²) < 4.78 is 36.8. The van der Waals surface area contributed by atoms with Gasteiger partial charge < -0.3 is 0 Å². The molecule has 0 N–H and O–H groups in total. The van der Waals surface area contributed by atoms with Crippen LogP contribution in [0.5, 0.6) is 0 Å². The lowest BCUT2D eigenvalue weighted by molar-refractivity contribution is -0.138. The van der Waals surface area contributed by atoms with Crippen molar-refractivity contribution in [2.24, 2.45) is 0 Å². The van der Waals surface area contributed by atoms with Gasteiger partial charge in [-0.3, -0.25) is 9.69 Å². The van der Waals surface area contributed by atoms with Crippen molar-refractivity contribution in [2.75, 3.05) is 11.4 Å². The Morgan fingerprint density at radius 3 is 2.56 bits per heavy atom. The van der Waals surface area contributed by atoms with E-state index < -0.39 is 11.2 Å². The number of carbonyl (C=O) groups is 1. The van der Waals surface area contributed by atoms with Gasteiger partial charge in [-0.25, -0.2) is 0 Å². The number of nitrogens with zero attached hydrogens (tertiary/aromatic N) is 3. The molecule has 0 aromatic carbocycles. The first kappa shape index (κ1) is 11.8. The molecule has 0 saturated carbocycles. The van der Waals surface area contributed by atoms with Crippen LogP contribution < -0.4 is 4.90 Å². The third kappa shape index (κ3) is 2.05. The van der Waals surface area contributed by atoms with Gasteiger partial charge in [-0.2, -0.15) is 13.2 Å². The highest BCUT2D eigenvalue weighted by molar-refractivity contribution is 9.10. The molecule has 1 aromatic heterocycles. The van der Waals surface area contributed by atoms with Crippen molar-refractivity contribution in [3.05, 3.63) is 5.01 Å². The molecule has 0 radical (unpaired) electrons. The van der Waals surface area contributed by atoms with E-state index in [0.717, 1.165) is 0 Å². The molecule has 4 nitrogen and oxygen atoms in total. The number of aromatic nitrogens is 2. The van der Waals surface area contributed by atoms with Crippen LogP contribution in [0, 0.1) is 0 Å². The molecular weight excluding hydrogens is 311 g/mol. The predicted octanol–water partition coefficient (Wildman–Crippen LogP) is 2.06. The topological polar surface area (TPSA) is 46.1 Å². The highest BCUT2D eigenvalue weighted by atomic mass is 79.9. The van der Waals surface area contributed by atoms with Crippen LogP contribution in [0.1, 0.15) is 11.4 Å². The van der Waals surface area contributed by atoms with E-state index >= 15 is 0 Å². The van der Waals surface area contributed by atoms with E-state index in [-0.39, 0.29) is 15.9 Å². The Morgan fingerprint density at radius 2 is 2.12 bits per heavy atom. The molecule has 2 heterocycles. The average Bonchev–Trinajstić information content (AvgIpc) is 2.74. The van der Waals surface area contributed by atoms with Crippen LogP contribution in [-0.2, 0) is 11.0 Å². The van der Waals surface area contributed by atoms with Crippen LogP contribution in [-0.4, -0.2) is 27.5 Å². The minimum Gasteiger partial charge on any atom is -0.286 e. The van der Waals surface area contributed by atoms with Crippen molar-refractivity contribution >= 4 is 38.3 Å². The number of rotatable bonds is 1. The van der Waals surface area contributed by atoms with Gasteiger partial charge in [0.05, 0.1) is 4.83 Å². The zero-order chi connectivity index (χ0) is 11.9. The third-order valence-electron chi connectivity index (χ3n) is 2.03. The van der Waals surface area contributed by atoms with Crippen molar-refractivity contribution in [3.63, 3.8) is 0 Å². The van der Waals surface area contributed by atoms with Gasteiger partial charge in [0.25, 0.3) is 0 Å². The van der Waals surface area contributed by atoms with Crippen molar-refractivity contribution < 1.29 is 18.0 Å². The van der Waals surface area contributed by atoms with Gasteiger partial charge in [-0.05, 0) is 6.42 Å². The van der Waals surface area contributed by atoms with Crippen LogP contribution in [0.3, 0.4) is 0 Å². The molecule has 1 atom stereocenters. The van der Waals surface area contributed by atoms with E-state index in [2.05, 4.69) is 26.1 Å². The fourth-order valence-corrected chi connectivity index (χ4v) is 2.47. The Hall–Kier alpha value is -0.700. The lowest BCUT2D eigenvalue weighted by atomic mass is 10.4. The molecule has 1 unspecified atom stereocenters. The number of carbonyl (C=O) groups excluding carboxylic acids is 1. The summed E-state index contributed by atoms with van der Waals surface area (Å²) in [6.45, 7) is 0.362. The van der Waals surface area contributed by atoms with Crippen molar-refractivity contribution in [3.8, 4) is 0 Å². The van der Waals surface area contributed by atoms with E-state index in [4.69, 9.17) is 0 Å². The van der Waals surface area contributed by atoms with Crippen molar-refractivity contribution in [1.29, 1.82) is 0 Å². The molecule has 16 heavy (non-hydrogen) atoms. The smallest absolute Gasteiger partial charge is 0.286 e. The summed E-state index contributed by atoms with van der Waals surface area (Å²) in [5, 5.41) is 5.37. The number of hydrogen-bond acceptors (Lipinski definition) is 4. The quantitative estimate of drug-likeness (QED) is 0.745. The first-order valence-corrected chi connectivity index (χ1v) is 5.99. The third-order valence-corrected chi connectivity index (χ3v) is 3.87.